The topological polar surface area (TPSA) is 95.0 Å². The van der Waals surface area contributed by atoms with Crippen LogP contribution in [0.5, 0.6) is 5.75 Å². The van der Waals surface area contributed by atoms with E-state index in [1.807, 2.05) is 6.08 Å². The number of nitrogens with zero attached hydrogens (tertiary/aromatic N) is 2. The van der Waals surface area contributed by atoms with Gasteiger partial charge in [-0.1, -0.05) is 23.8 Å². The number of amides is 4. The molecular weight excluding hydrogens is 443 g/mol. The van der Waals surface area contributed by atoms with E-state index in [0.29, 0.717) is 17.6 Å². The van der Waals surface area contributed by atoms with Gasteiger partial charge in [-0.2, -0.15) is 0 Å². The van der Waals surface area contributed by atoms with Crippen LogP contribution in [0.4, 0.5) is 0 Å². The molecule has 4 amide bonds. The number of phenols is 1. The smallest absolute Gasteiger partial charge is 0.253 e. The molecule has 1 N–H and O–H groups in total. The van der Waals surface area contributed by atoms with E-state index in [2.05, 4.69) is 0 Å². The van der Waals surface area contributed by atoms with Crippen molar-refractivity contribution in [2.75, 3.05) is 14.1 Å². The summed E-state index contributed by atoms with van der Waals surface area (Å²) >= 11 is 14.0. The Kier molecular flexibility index (Phi) is 4.19. The van der Waals surface area contributed by atoms with Gasteiger partial charge in [0.05, 0.1) is 11.8 Å². The van der Waals surface area contributed by atoms with Gasteiger partial charge in [0.1, 0.15) is 5.75 Å². The zero-order valence-electron chi connectivity index (χ0n) is 16.8. The molecular formula is C22H20Cl2N2O5. The summed E-state index contributed by atoms with van der Waals surface area (Å²) in [6.07, 6.45) is 2.17. The van der Waals surface area contributed by atoms with E-state index in [4.69, 9.17) is 23.2 Å². The summed E-state index contributed by atoms with van der Waals surface area (Å²) in [7, 11) is 2.80. The Balaban J connectivity index is 1.76. The monoisotopic (exact) mass is 462 g/mol. The van der Waals surface area contributed by atoms with Crippen LogP contribution < -0.4 is 0 Å². The molecule has 2 saturated heterocycles. The van der Waals surface area contributed by atoms with E-state index in [1.54, 1.807) is 12.1 Å². The second-order valence-electron chi connectivity index (χ2n) is 8.83. The van der Waals surface area contributed by atoms with Crippen molar-refractivity contribution in [1.29, 1.82) is 0 Å². The molecule has 31 heavy (non-hydrogen) atoms. The predicted molar refractivity (Wildman–Crippen MR) is 111 cm³/mol. The number of hydrogen-bond acceptors (Lipinski definition) is 5. The molecule has 0 bridgehead atoms. The summed E-state index contributed by atoms with van der Waals surface area (Å²) in [6.45, 7) is 0. The molecule has 1 aromatic carbocycles. The number of hydrogen-bond donors (Lipinski definition) is 1. The Morgan fingerprint density at radius 3 is 2.39 bits per heavy atom. The summed E-state index contributed by atoms with van der Waals surface area (Å²) in [5.41, 5.74) is 1.24. The largest absolute Gasteiger partial charge is 0.508 e. The number of likely N-dealkylation sites (tertiary alicyclic amines) is 2. The molecule has 2 aliphatic heterocycles. The van der Waals surface area contributed by atoms with Gasteiger partial charge in [-0.15, -0.1) is 23.2 Å². The van der Waals surface area contributed by atoms with Crippen molar-refractivity contribution in [3.8, 4) is 5.75 Å². The standard InChI is InChI=1S/C22H20Cl2N2O5/c1-25-17(28)13-7-6-12-14(15(13)18(25)29)9-21(23)19(30)26(2)20(31)22(21,24)16(12)10-4-3-5-11(27)8-10/h3-6,8,13-16,27H,7,9H2,1-2H3/t13-,14+,15-,16-,21+,22-/m0/s1. The summed E-state index contributed by atoms with van der Waals surface area (Å²) in [5, 5.41) is 10.1. The first-order valence-electron chi connectivity index (χ1n) is 10.0. The first kappa shape index (κ1) is 20.5. The highest BCUT2D eigenvalue weighted by Gasteiger charge is 2.75. The van der Waals surface area contributed by atoms with Crippen LogP contribution in [-0.2, 0) is 19.2 Å². The first-order valence-corrected chi connectivity index (χ1v) is 10.8. The molecule has 4 aliphatic rings. The average Bonchev–Trinajstić information content (AvgIpc) is 3.03. The maximum absolute atomic E-state index is 13.3. The number of allylic oxidation sites excluding steroid dienone is 2. The summed E-state index contributed by atoms with van der Waals surface area (Å²) in [5.74, 6) is -4.38. The van der Waals surface area contributed by atoms with Gasteiger partial charge in [0.25, 0.3) is 11.8 Å². The van der Waals surface area contributed by atoms with Crippen LogP contribution >= 0.6 is 23.2 Å². The maximum atomic E-state index is 13.3. The third kappa shape index (κ3) is 2.31. The molecule has 2 aliphatic carbocycles. The molecule has 2 heterocycles. The molecule has 0 aromatic heterocycles. The van der Waals surface area contributed by atoms with E-state index >= 15 is 0 Å². The van der Waals surface area contributed by atoms with Gasteiger partial charge in [-0.3, -0.25) is 29.0 Å². The predicted octanol–water partition coefficient (Wildman–Crippen LogP) is 2.01. The molecule has 0 radical (unpaired) electrons. The minimum absolute atomic E-state index is 0.0219. The second kappa shape index (κ2) is 6.33. The van der Waals surface area contributed by atoms with Gasteiger partial charge < -0.3 is 5.11 Å². The summed E-state index contributed by atoms with van der Waals surface area (Å²) < 4.78 is 0. The number of benzene rings is 1. The minimum Gasteiger partial charge on any atom is -0.508 e. The van der Waals surface area contributed by atoms with Gasteiger partial charge in [0.2, 0.25) is 11.8 Å². The fraction of sp³-hybridized carbons (Fsp3) is 0.455. The highest BCUT2D eigenvalue weighted by atomic mass is 35.5. The molecule has 162 valence electrons. The molecule has 5 rings (SSSR count). The number of carbonyl (C=O) groups is 4. The lowest BCUT2D eigenvalue weighted by molar-refractivity contribution is -0.140. The number of carbonyl (C=O) groups excluding carboxylic acids is 4. The lowest BCUT2D eigenvalue weighted by Gasteiger charge is -2.50. The Morgan fingerprint density at radius 1 is 1.00 bits per heavy atom. The maximum Gasteiger partial charge on any atom is 0.253 e. The van der Waals surface area contributed by atoms with Gasteiger partial charge in [-0.05, 0) is 36.5 Å². The summed E-state index contributed by atoms with van der Waals surface area (Å²) in [4.78, 5) is 50.5. The quantitative estimate of drug-likeness (QED) is 0.391. The fourth-order valence-corrected chi connectivity index (χ4v) is 7.00. The second-order valence-corrected chi connectivity index (χ2v) is 10.1. The number of phenolic OH excluding ortho intramolecular Hbond substituents is 1. The Bertz CT molecular complexity index is 1100. The fourth-order valence-electron chi connectivity index (χ4n) is 5.98. The van der Waals surface area contributed by atoms with E-state index in [9.17, 15) is 24.3 Å². The molecule has 6 atom stereocenters. The molecule has 7 nitrogen and oxygen atoms in total. The van der Waals surface area contributed by atoms with Crippen molar-refractivity contribution < 1.29 is 24.3 Å². The van der Waals surface area contributed by atoms with Gasteiger partial charge in [0.15, 0.2) is 9.75 Å². The van der Waals surface area contributed by atoms with E-state index in [0.717, 1.165) is 9.80 Å². The van der Waals surface area contributed by atoms with Crippen LogP contribution in [0.15, 0.2) is 35.9 Å². The van der Waals surface area contributed by atoms with Crippen molar-refractivity contribution in [2.24, 2.45) is 17.8 Å². The highest BCUT2D eigenvalue weighted by molar-refractivity contribution is 6.53. The number of imide groups is 2. The third-order valence-corrected chi connectivity index (χ3v) is 8.85. The van der Waals surface area contributed by atoms with Crippen molar-refractivity contribution in [3.05, 3.63) is 41.5 Å². The molecule has 1 saturated carbocycles. The molecule has 0 unspecified atom stereocenters. The molecule has 0 spiro atoms. The average molecular weight is 463 g/mol. The van der Waals surface area contributed by atoms with Crippen LogP contribution in [0.3, 0.4) is 0 Å². The molecule has 1 aromatic rings. The first-order chi connectivity index (χ1) is 14.5. The van der Waals surface area contributed by atoms with E-state index in [-0.39, 0.29) is 24.0 Å². The van der Waals surface area contributed by atoms with Crippen LogP contribution in [-0.4, -0.2) is 62.4 Å². The molecule has 3 fully saturated rings. The van der Waals surface area contributed by atoms with Gasteiger partial charge in [-0.25, -0.2) is 0 Å². The minimum atomic E-state index is -1.82. The Morgan fingerprint density at radius 2 is 1.71 bits per heavy atom. The van der Waals surface area contributed by atoms with Crippen molar-refractivity contribution >= 4 is 46.8 Å². The highest BCUT2D eigenvalue weighted by Crippen LogP contribution is 2.65. The zero-order chi connectivity index (χ0) is 22.5. The number of aromatic hydroxyl groups is 1. The third-order valence-electron chi connectivity index (χ3n) is 7.44. The number of fused-ring (bicyclic) bond motifs is 4. The number of halogens is 2. The van der Waals surface area contributed by atoms with Crippen LogP contribution in [0.25, 0.3) is 0 Å². The van der Waals surface area contributed by atoms with Crippen LogP contribution in [0, 0.1) is 17.8 Å². The van der Waals surface area contributed by atoms with Crippen molar-refractivity contribution in [3.63, 3.8) is 0 Å². The lowest BCUT2D eigenvalue weighted by atomic mass is 9.56. The van der Waals surface area contributed by atoms with E-state index in [1.165, 1.54) is 26.2 Å². The normalized spacial score (nSPS) is 39.4. The Labute approximate surface area is 188 Å². The number of rotatable bonds is 1. The van der Waals surface area contributed by atoms with Crippen LogP contribution in [0.1, 0.15) is 24.3 Å². The summed E-state index contributed by atoms with van der Waals surface area (Å²) in [6, 6.07) is 6.32. The van der Waals surface area contributed by atoms with Crippen molar-refractivity contribution in [1.82, 2.24) is 9.80 Å². The van der Waals surface area contributed by atoms with Crippen LogP contribution in [0.2, 0.25) is 0 Å². The van der Waals surface area contributed by atoms with E-state index < -0.39 is 45.2 Å². The Hall–Kier alpha value is -2.38. The van der Waals surface area contributed by atoms with Crippen molar-refractivity contribution in [2.45, 2.75) is 28.5 Å². The van der Waals surface area contributed by atoms with Gasteiger partial charge in [0, 0.05) is 20.0 Å². The molecule has 9 heteroatoms. The number of alkyl halides is 2. The SMILES string of the molecule is CN1C(=O)[C@H]2[C@H](CC=C3[C@H]2C[C@@]2(Cl)C(=O)N(C)C(=O)[C@@]2(Cl)[C@H]3c2cccc(O)c2)C1=O. The zero-order valence-corrected chi connectivity index (χ0v) is 18.4. The van der Waals surface area contributed by atoms with Gasteiger partial charge >= 0.3 is 0 Å². The lowest BCUT2D eigenvalue weighted by Crippen LogP contribution is -2.60.